The molecule has 3 aromatic heterocycles. The van der Waals surface area contributed by atoms with Gasteiger partial charge >= 0.3 is 12.0 Å². The molecule has 1 aliphatic heterocycles. The minimum Gasteiger partial charge on any atom is -0.390 e. The van der Waals surface area contributed by atoms with Crippen LogP contribution in [0.5, 0.6) is 6.01 Å². The molecule has 1 aromatic carbocycles. The minimum atomic E-state index is -0.910. The van der Waals surface area contributed by atoms with Crippen molar-refractivity contribution in [3.63, 3.8) is 0 Å². The van der Waals surface area contributed by atoms with Gasteiger partial charge in [0.2, 0.25) is 11.8 Å². The van der Waals surface area contributed by atoms with E-state index in [-0.39, 0.29) is 41.7 Å². The number of likely N-dealkylation sites (tertiary alicyclic amines) is 1. The Balaban J connectivity index is 1.11. The molecule has 4 N–H and O–H groups in total. The summed E-state index contributed by atoms with van der Waals surface area (Å²) in [6, 6.07) is 7.89. The molecule has 2 aliphatic carbocycles. The number of ether oxygens (including phenoxy) is 1. The first kappa shape index (κ1) is 33.2. The first-order valence-corrected chi connectivity index (χ1v) is 17.4. The molecule has 4 heterocycles. The Morgan fingerprint density at radius 1 is 1.10 bits per heavy atom. The summed E-state index contributed by atoms with van der Waals surface area (Å²) in [7, 11) is 0. The van der Waals surface area contributed by atoms with Gasteiger partial charge in [-0.2, -0.15) is 5.10 Å². The average Bonchev–Trinajstić information content (AvgIpc) is 3.96. The normalized spacial score (nSPS) is 22.6. The lowest BCUT2D eigenvalue weighted by Crippen LogP contribution is -2.47. The van der Waals surface area contributed by atoms with Crippen LogP contribution in [0.1, 0.15) is 76.7 Å². The van der Waals surface area contributed by atoms with E-state index in [1.165, 1.54) is 12.4 Å². The molecular formula is C35H39BrN8O5. The predicted molar refractivity (Wildman–Crippen MR) is 184 cm³/mol. The molecule has 5 atom stereocenters. The molecule has 3 fully saturated rings. The summed E-state index contributed by atoms with van der Waals surface area (Å²) in [6.45, 7) is 7.30. The molecule has 0 bridgehead atoms. The SMILES string of the molecule is CC(O)c1nn(CC(=O)N2C3C[C@]3(C)C[C@H]2C(=O)Nc2nc(Br)ccc2C2CC2)c2ccc(-c3cnc(OC(=O)[C@@H](N)C(C)C)nc3)cc12. The Morgan fingerprint density at radius 2 is 1.84 bits per heavy atom. The van der Waals surface area contributed by atoms with Crippen molar-refractivity contribution in [1.29, 1.82) is 0 Å². The van der Waals surface area contributed by atoms with Crippen LogP contribution in [0.4, 0.5) is 5.82 Å². The Morgan fingerprint density at radius 3 is 2.51 bits per heavy atom. The molecule has 2 unspecified atom stereocenters. The van der Waals surface area contributed by atoms with Gasteiger partial charge in [0, 0.05) is 29.4 Å². The summed E-state index contributed by atoms with van der Waals surface area (Å²) in [6.07, 6.45) is 5.73. The number of hydrogen-bond donors (Lipinski definition) is 3. The van der Waals surface area contributed by atoms with Gasteiger partial charge in [0.15, 0.2) is 0 Å². The molecular weight excluding hydrogens is 692 g/mol. The smallest absolute Gasteiger partial charge is 0.330 e. The standard InChI is InChI=1S/C35H39BrN8O5/c1-17(2)29(37)33(48)49-34-38-14-21(15-39-34)20-7-9-24-23(11-20)30(18(3)45)42-43(24)16-28(46)44-25(12-35(4)13-26(35)44)32(47)41-31-22(19-5-6-19)8-10-27(36)40-31/h7-11,14-15,17-19,25-26,29,45H,5-6,12-13,16,37H2,1-4H3,(H,40,41,47)/t18?,25-,26?,29-,35-/m0/s1. The summed E-state index contributed by atoms with van der Waals surface area (Å²) in [4.78, 5) is 54.6. The van der Waals surface area contributed by atoms with E-state index in [0.717, 1.165) is 30.4 Å². The van der Waals surface area contributed by atoms with Crippen LogP contribution < -0.4 is 15.8 Å². The van der Waals surface area contributed by atoms with Gasteiger partial charge in [0.1, 0.15) is 29.0 Å². The molecule has 0 radical (unpaired) electrons. The molecule has 14 heteroatoms. The van der Waals surface area contributed by atoms with Crippen LogP contribution in [0.15, 0.2) is 47.3 Å². The first-order chi connectivity index (χ1) is 23.3. The van der Waals surface area contributed by atoms with Crippen LogP contribution in [-0.2, 0) is 20.9 Å². The fraction of sp³-hybridized carbons (Fsp3) is 0.457. The fourth-order valence-corrected chi connectivity index (χ4v) is 7.11. The van der Waals surface area contributed by atoms with Gasteiger partial charge in [-0.1, -0.05) is 32.9 Å². The highest BCUT2D eigenvalue weighted by atomic mass is 79.9. The van der Waals surface area contributed by atoms with Gasteiger partial charge in [0.05, 0.1) is 17.3 Å². The van der Waals surface area contributed by atoms with Crippen molar-refractivity contribution in [2.75, 3.05) is 5.32 Å². The van der Waals surface area contributed by atoms with E-state index in [0.29, 0.717) is 44.9 Å². The summed E-state index contributed by atoms with van der Waals surface area (Å²) in [5, 5.41) is 19.0. The summed E-state index contributed by atoms with van der Waals surface area (Å²) in [5.74, 6) is -0.207. The molecule has 256 valence electrons. The maximum atomic E-state index is 14.0. The van der Waals surface area contributed by atoms with Crippen LogP contribution in [0.3, 0.4) is 0 Å². The highest BCUT2D eigenvalue weighted by Gasteiger charge is 2.64. The van der Waals surface area contributed by atoms with Crippen molar-refractivity contribution in [2.45, 2.75) is 90.1 Å². The average molecular weight is 732 g/mol. The molecule has 4 aromatic rings. The number of rotatable bonds is 10. The van der Waals surface area contributed by atoms with E-state index >= 15 is 0 Å². The lowest BCUT2D eigenvalue weighted by molar-refractivity contribution is -0.138. The Kier molecular flexibility index (Phi) is 8.52. The third kappa shape index (κ3) is 6.44. The van der Waals surface area contributed by atoms with E-state index < -0.39 is 24.2 Å². The lowest BCUT2D eigenvalue weighted by Gasteiger charge is -2.27. The highest BCUT2D eigenvalue weighted by Crippen LogP contribution is 2.59. The van der Waals surface area contributed by atoms with Gasteiger partial charge in [-0.05, 0) is 95.1 Å². The number of nitrogens with zero attached hydrogens (tertiary/aromatic N) is 6. The molecule has 49 heavy (non-hydrogen) atoms. The number of halogens is 1. The summed E-state index contributed by atoms with van der Waals surface area (Å²) >= 11 is 3.42. The molecule has 0 spiro atoms. The number of fused-ring (bicyclic) bond motifs is 2. The topological polar surface area (TPSA) is 178 Å². The summed E-state index contributed by atoms with van der Waals surface area (Å²) < 4.78 is 7.46. The maximum absolute atomic E-state index is 14.0. The Labute approximate surface area is 291 Å². The molecule has 7 rings (SSSR count). The number of nitrogens with one attached hydrogen (secondary N) is 1. The van der Waals surface area contributed by atoms with Crippen LogP contribution in [0.25, 0.3) is 22.0 Å². The molecule has 3 aliphatic rings. The van der Waals surface area contributed by atoms with E-state index in [4.69, 9.17) is 10.5 Å². The van der Waals surface area contributed by atoms with E-state index in [9.17, 15) is 19.5 Å². The molecule has 2 saturated carbocycles. The van der Waals surface area contributed by atoms with E-state index in [1.807, 2.05) is 44.2 Å². The molecule has 2 amide bonds. The van der Waals surface area contributed by atoms with E-state index in [2.05, 4.69) is 48.2 Å². The van der Waals surface area contributed by atoms with Crippen LogP contribution in [0, 0.1) is 11.3 Å². The van der Waals surface area contributed by atoms with Crippen LogP contribution in [0.2, 0.25) is 0 Å². The van der Waals surface area contributed by atoms with Crippen molar-refractivity contribution >= 4 is 50.4 Å². The number of aliphatic hydroxyl groups excluding tert-OH is 1. The number of carbonyl (C=O) groups excluding carboxylic acids is 3. The second kappa shape index (κ2) is 12.6. The lowest BCUT2D eigenvalue weighted by atomic mass is 10.0. The molecule has 1 saturated heterocycles. The van der Waals surface area contributed by atoms with Crippen molar-refractivity contribution < 1.29 is 24.2 Å². The van der Waals surface area contributed by atoms with Crippen molar-refractivity contribution in [2.24, 2.45) is 17.1 Å². The number of anilines is 1. The highest BCUT2D eigenvalue weighted by molar-refractivity contribution is 9.10. The fourth-order valence-electron chi connectivity index (χ4n) is 6.80. The van der Waals surface area contributed by atoms with Crippen molar-refractivity contribution in [3.05, 3.63) is 58.6 Å². The Bertz CT molecular complexity index is 1960. The number of benzene rings is 1. The van der Waals surface area contributed by atoms with Crippen LogP contribution >= 0.6 is 15.9 Å². The zero-order chi connectivity index (χ0) is 34.8. The number of nitrogens with two attached hydrogens (primary N) is 1. The van der Waals surface area contributed by atoms with Gasteiger partial charge in [0.25, 0.3) is 0 Å². The first-order valence-electron chi connectivity index (χ1n) is 16.6. The largest absolute Gasteiger partial charge is 0.390 e. The Hall–Kier alpha value is -4.27. The number of pyridine rings is 1. The number of aromatic nitrogens is 5. The monoisotopic (exact) mass is 730 g/mol. The molecule has 13 nitrogen and oxygen atoms in total. The number of esters is 1. The van der Waals surface area contributed by atoms with Gasteiger partial charge < -0.3 is 25.8 Å². The minimum absolute atomic E-state index is 0.0258. The predicted octanol–water partition coefficient (Wildman–Crippen LogP) is 4.49. The van der Waals surface area contributed by atoms with E-state index in [1.54, 1.807) is 16.5 Å². The number of piperidine rings is 1. The third-order valence-corrected chi connectivity index (χ3v) is 10.4. The number of carbonyl (C=O) groups is 3. The van der Waals surface area contributed by atoms with Gasteiger partial charge in [-0.25, -0.2) is 19.7 Å². The summed E-state index contributed by atoms with van der Waals surface area (Å²) in [5.41, 5.74) is 9.25. The number of aliphatic hydroxyl groups is 1. The maximum Gasteiger partial charge on any atom is 0.330 e. The third-order valence-electron chi connectivity index (χ3n) is 9.98. The quantitative estimate of drug-likeness (QED) is 0.156. The second-order valence-electron chi connectivity index (χ2n) is 14.1. The number of hydrogen-bond acceptors (Lipinski definition) is 10. The van der Waals surface area contributed by atoms with Crippen molar-refractivity contribution in [3.8, 4) is 17.1 Å². The zero-order valence-electron chi connectivity index (χ0n) is 27.8. The van der Waals surface area contributed by atoms with Crippen molar-refractivity contribution in [1.82, 2.24) is 29.6 Å². The van der Waals surface area contributed by atoms with Gasteiger partial charge in [-0.3, -0.25) is 14.3 Å². The second-order valence-corrected chi connectivity index (χ2v) is 14.9. The number of amides is 2. The van der Waals surface area contributed by atoms with Crippen LogP contribution in [-0.4, -0.2) is 70.6 Å². The van der Waals surface area contributed by atoms with Gasteiger partial charge in [-0.15, -0.1) is 0 Å². The zero-order valence-corrected chi connectivity index (χ0v) is 29.3.